The second-order valence-corrected chi connectivity index (χ2v) is 1.14. The van der Waals surface area contributed by atoms with E-state index in [-0.39, 0.29) is 0 Å². The average molecular weight is 123 g/mol. The van der Waals surface area contributed by atoms with Gasteiger partial charge >= 0.3 is 6.41 Å². The molecule has 1 aromatic rings. The lowest BCUT2D eigenvalue weighted by atomic mass is 10.5. The van der Waals surface area contributed by atoms with Crippen molar-refractivity contribution in [2.45, 2.75) is 0 Å². The number of hydrogen-bond donors (Lipinski definition) is 1. The van der Waals surface area contributed by atoms with Gasteiger partial charge in [0, 0.05) is 12.4 Å². The summed E-state index contributed by atoms with van der Waals surface area (Å²) in [5.74, 6) is 0. The molecule has 1 heterocycles. The van der Waals surface area contributed by atoms with E-state index < -0.39 is 0 Å². The Kier molecular flexibility index (Phi) is 5.60. The van der Waals surface area contributed by atoms with Crippen molar-refractivity contribution in [1.82, 2.24) is 4.98 Å². The predicted molar refractivity (Wildman–Crippen MR) is 34.1 cm³/mol. The van der Waals surface area contributed by atoms with Crippen LogP contribution in [0.15, 0.2) is 30.6 Å². The largest absolute Gasteiger partial charge is 0.361 e. The molecule has 1 amide bonds. The maximum Gasteiger partial charge on any atom is 0.306 e. The van der Waals surface area contributed by atoms with Crippen molar-refractivity contribution >= 4 is 6.41 Å². The molecule has 0 unspecified atom stereocenters. The molecule has 0 aliphatic rings. The molecule has 2 N–H and O–H groups in total. The van der Waals surface area contributed by atoms with E-state index in [9.17, 15) is 0 Å². The number of nitrogens with zero attached hydrogens (tertiary/aromatic N) is 1. The molecule has 0 saturated heterocycles. The average Bonchev–Trinajstić information content (AvgIpc) is 1.93. The first-order valence-corrected chi connectivity index (χ1v) is 2.34. The number of hydrogen-bond acceptors (Lipinski definition) is 2. The van der Waals surface area contributed by atoms with Crippen LogP contribution < -0.4 is 5.73 Å². The SMILES string of the molecule is N[C]=O.c1ccncc1. The molecule has 0 aromatic carbocycles. The molecule has 0 fully saturated rings. The van der Waals surface area contributed by atoms with Crippen molar-refractivity contribution in [3.63, 3.8) is 0 Å². The minimum atomic E-state index is 1.00. The number of nitrogens with two attached hydrogens (primary N) is 1. The van der Waals surface area contributed by atoms with E-state index in [1.165, 1.54) is 0 Å². The quantitative estimate of drug-likeness (QED) is 0.497. The van der Waals surface area contributed by atoms with Gasteiger partial charge in [-0.1, -0.05) is 6.07 Å². The zero-order valence-electron chi connectivity index (χ0n) is 4.82. The third-order valence-electron chi connectivity index (χ3n) is 0.566. The van der Waals surface area contributed by atoms with E-state index in [1.54, 1.807) is 12.4 Å². The lowest BCUT2D eigenvalue weighted by Gasteiger charge is -1.70. The van der Waals surface area contributed by atoms with Crippen molar-refractivity contribution in [1.29, 1.82) is 0 Å². The van der Waals surface area contributed by atoms with Gasteiger partial charge in [-0.05, 0) is 12.1 Å². The summed E-state index contributed by atoms with van der Waals surface area (Å²) < 4.78 is 0. The summed E-state index contributed by atoms with van der Waals surface area (Å²) in [4.78, 5) is 12.2. The molecule has 9 heavy (non-hydrogen) atoms. The van der Waals surface area contributed by atoms with Crippen LogP contribution in [0, 0.1) is 0 Å². The Balaban J connectivity index is 0.000000187. The maximum absolute atomic E-state index is 8.46. The van der Waals surface area contributed by atoms with Crippen LogP contribution in [0.4, 0.5) is 0 Å². The first-order chi connectivity index (χ1) is 4.41. The summed E-state index contributed by atoms with van der Waals surface area (Å²) in [6, 6.07) is 5.72. The number of pyridine rings is 1. The van der Waals surface area contributed by atoms with E-state index >= 15 is 0 Å². The number of primary amides is 1. The van der Waals surface area contributed by atoms with Gasteiger partial charge in [0.25, 0.3) is 0 Å². The molecule has 0 atom stereocenters. The van der Waals surface area contributed by atoms with Gasteiger partial charge in [-0.15, -0.1) is 0 Å². The molecule has 1 radical (unpaired) electrons. The highest BCUT2D eigenvalue weighted by molar-refractivity contribution is 5.43. The van der Waals surface area contributed by atoms with Crippen LogP contribution >= 0.6 is 0 Å². The minimum absolute atomic E-state index is 1.00. The van der Waals surface area contributed by atoms with Gasteiger partial charge in [-0.3, -0.25) is 9.78 Å². The van der Waals surface area contributed by atoms with Gasteiger partial charge in [0.05, 0.1) is 0 Å². The molecule has 0 saturated carbocycles. The number of aromatic nitrogens is 1. The number of rotatable bonds is 0. The molecular formula is C6H7N2O. The standard InChI is InChI=1S/C5H5N.CH2NO/c1-2-4-6-5-3-1;2-1-3/h1-5H;(H2,2,3). The van der Waals surface area contributed by atoms with Crippen molar-refractivity contribution in [2.24, 2.45) is 5.73 Å². The first kappa shape index (κ1) is 7.62. The van der Waals surface area contributed by atoms with Gasteiger partial charge in [0.1, 0.15) is 0 Å². The molecule has 47 valence electrons. The Bertz CT molecular complexity index is 114. The molecular weight excluding hydrogens is 116 g/mol. The molecule has 1 rings (SSSR count). The van der Waals surface area contributed by atoms with Gasteiger partial charge < -0.3 is 5.73 Å². The summed E-state index contributed by atoms with van der Waals surface area (Å²) in [7, 11) is 0. The Morgan fingerprint density at radius 3 is 1.78 bits per heavy atom. The molecule has 3 nitrogen and oxygen atoms in total. The van der Waals surface area contributed by atoms with Crippen molar-refractivity contribution < 1.29 is 4.79 Å². The molecule has 0 bridgehead atoms. The van der Waals surface area contributed by atoms with Crippen molar-refractivity contribution in [2.75, 3.05) is 0 Å². The summed E-state index contributed by atoms with van der Waals surface area (Å²) in [6.45, 7) is 0. The van der Waals surface area contributed by atoms with E-state index in [1.807, 2.05) is 18.2 Å². The van der Waals surface area contributed by atoms with Crippen molar-refractivity contribution in [3.05, 3.63) is 30.6 Å². The van der Waals surface area contributed by atoms with Gasteiger partial charge in [-0.2, -0.15) is 0 Å². The van der Waals surface area contributed by atoms with E-state index in [0.29, 0.717) is 0 Å². The molecule has 3 heteroatoms. The molecule has 0 aliphatic heterocycles. The monoisotopic (exact) mass is 123 g/mol. The van der Waals surface area contributed by atoms with Gasteiger partial charge in [0.15, 0.2) is 0 Å². The molecule has 1 aromatic heterocycles. The summed E-state index contributed by atoms with van der Waals surface area (Å²) in [6.07, 6.45) is 4.50. The van der Waals surface area contributed by atoms with Crippen LogP contribution in [0.1, 0.15) is 0 Å². The lowest BCUT2D eigenvalue weighted by molar-refractivity contribution is 0.557. The third-order valence-corrected chi connectivity index (χ3v) is 0.566. The Labute approximate surface area is 53.5 Å². The smallest absolute Gasteiger partial charge is 0.306 e. The van der Waals surface area contributed by atoms with Crippen molar-refractivity contribution in [3.8, 4) is 0 Å². The Hall–Kier alpha value is -1.38. The highest BCUT2D eigenvalue weighted by Gasteiger charge is 1.58. The fourth-order valence-corrected chi connectivity index (χ4v) is 0.313. The summed E-state index contributed by atoms with van der Waals surface area (Å²) in [5.41, 5.74) is 4.04. The first-order valence-electron chi connectivity index (χ1n) is 2.34. The summed E-state index contributed by atoms with van der Waals surface area (Å²) in [5, 5.41) is 0. The zero-order chi connectivity index (χ0) is 6.95. The van der Waals surface area contributed by atoms with E-state index in [0.717, 1.165) is 6.41 Å². The van der Waals surface area contributed by atoms with Crippen LogP contribution in [0.5, 0.6) is 0 Å². The highest BCUT2D eigenvalue weighted by Crippen LogP contribution is 1.73. The zero-order valence-corrected chi connectivity index (χ0v) is 4.82. The number of amides is 1. The maximum atomic E-state index is 8.46. The normalized spacial score (nSPS) is 6.67. The highest BCUT2D eigenvalue weighted by atomic mass is 16.1. The molecule has 0 spiro atoms. The van der Waals surface area contributed by atoms with E-state index in [2.05, 4.69) is 10.7 Å². The van der Waals surface area contributed by atoms with Crippen LogP contribution in [0.3, 0.4) is 0 Å². The topological polar surface area (TPSA) is 56.0 Å². The number of carbonyl (C=O) groups excluding carboxylic acids is 1. The Morgan fingerprint density at radius 1 is 1.22 bits per heavy atom. The van der Waals surface area contributed by atoms with Crippen LogP contribution in [-0.4, -0.2) is 11.4 Å². The minimum Gasteiger partial charge on any atom is -0.361 e. The fraction of sp³-hybridized carbons (Fsp3) is 0. The summed E-state index contributed by atoms with van der Waals surface area (Å²) >= 11 is 0. The second kappa shape index (κ2) is 6.62. The molecule has 0 aliphatic carbocycles. The van der Waals surface area contributed by atoms with Crippen LogP contribution in [0.2, 0.25) is 0 Å². The van der Waals surface area contributed by atoms with Gasteiger partial charge in [-0.25, -0.2) is 0 Å². The predicted octanol–water partition coefficient (Wildman–Crippen LogP) is 0.0939. The van der Waals surface area contributed by atoms with Crippen LogP contribution in [-0.2, 0) is 4.79 Å². The Morgan fingerprint density at radius 2 is 1.67 bits per heavy atom. The van der Waals surface area contributed by atoms with Gasteiger partial charge in [0.2, 0.25) is 0 Å². The third kappa shape index (κ3) is 6.62. The fourth-order valence-electron chi connectivity index (χ4n) is 0.313. The van der Waals surface area contributed by atoms with E-state index in [4.69, 9.17) is 4.79 Å². The second-order valence-electron chi connectivity index (χ2n) is 1.14. The van der Waals surface area contributed by atoms with Crippen LogP contribution in [0.25, 0.3) is 0 Å². The lowest BCUT2D eigenvalue weighted by Crippen LogP contribution is -1.82.